The summed E-state index contributed by atoms with van der Waals surface area (Å²) in [5.41, 5.74) is 12.5. The van der Waals surface area contributed by atoms with Crippen LogP contribution in [0.25, 0.3) is 51.5 Å². The molecule has 0 aliphatic carbocycles. The van der Waals surface area contributed by atoms with E-state index in [-0.39, 0.29) is 0 Å². The summed E-state index contributed by atoms with van der Waals surface area (Å²) in [6.07, 6.45) is 0. The van der Waals surface area contributed by atoms with Crippen LogP contribution in [-0.2, 0) is 0 Å². The zero-order valence-electron chi connectivity index (χ0n) is 35.3. The predicted molar refractivity (Wildman–Crippen MR) is 282 cm³/mol. The van der Waals surface area contributed by atoms with Gasteiger partial charge in [-0.2, -0.15) is 0 Å². The molecule has 0 bridgehead atoms. The van der Waals surface area contributed by atoms with Crippen molar-refractivity contribution in [2.24, 2.45) is 0 Å². The summed E-state index contributed by atoms with van der Waals surface area (Å²) < 4.78 is 5.04. The summed E-state index contributed by atoms with van der Waals surface area (Å²) in [6, 6.07) is 89.9. The van der Waals surface area contributed by atoms with Crippen LogP contribution in [0.5, 0.6) is 0 Å². The molecule has 65 heavy (non-hydrogen) atoms. The van der Waals surface area contributed by atoms with Gasteiger partial charge in [-0.05, 0) is 132 Å². The first-order valence-corrected chi connectivity index (χ1v) is 23.5. The first-order valence-electron chi connectivity index (χ1n) is 21.9. The molecule has 0 atom stereocenters. The van der Waals surface area contributed by atoms with Gasteiger partial charge in [-0.15, -0.1) is 22.7 Å². The molecule has 0 unspecified atom stereocenters. The second kappa shape index (κ2) is 16.6. The molecule has 308 valence electrons. The molecule has 0 radical (unpaired) electrons. The Morgan fingerprint density at radius 2 is 0.492 bits per heavy atom. The van der Waals surface area contributed by atoms with E-state index in [0.717, 1.165) is 51.2 Å². The minimum Gasteiger partial charge on any atom is -0.310 e. The van der Waals surface area contributed by atoms with E-state index in [2.05, 4.69) is 263 Å². The van der Waals surface area contributed by atoms with E-state index < -0.39 is 0 Å². The van der Waals surface area contributed by atoms with E-state index >= 15 is 0 Å². The number of hydrogen-bond donors (Lipinski definition) is 0. The monoisotopic (exact) mass is 867 g/mol. The van der Waals surface area contributed by atoms with Gasteiger partial charge in [0.05, 0.1) is 0 Å². The average molecular weight is 868 g/mol. The van der Waals surface area contributed by atoms with E-state index in [1.807, 2.05) is 22.7 Å². The molecule has 0 aliphatic heterocycles. The topological polar surface area (TPSA) is 9.72 Å². The smallest absolute Gasteiger partial charge is 0.0476 e. The SMILES string of the molecule is c1ccc(-c2ccc(N(c3ccc4c(c3)sc3ccc(N(c5ccccc5)c5ccccc5)cc34)c3ccc4c(c3)sc3ccc(N(c5ccccc5)c5ccccc5)cc34)cc2)cc1. The molecule has 2 heterocycles. The second-order valence-corrected chi connectivity index (χ2v) is 18.4. The van der Waals surface area contributed by atoms with E-state index in [9.17, 15) is 0 Å². The molecule has 2 aromatic heterocycles. The van der Waals surface area contributed by atoms with Crippen molar-refractivity contribution in [2.45, 2.75) is 0 Å². The fraction of sp³-hybridized carbons (Fsp3) is 0. The third-order valence-electron chi connectivity index (χ3n) is 12.2. The Kier molecular flexibility index (Phi) is 9.90. The standard InChI is InChI=1S/C60H41N3S2/c1-6-16-42(17-7-1)43-26-28-48(29-27-43)63(51-30-34-53-55-38-49(32-36-57(55)64-59(53)40-51)61(44-18-8-2-9-19-44)45-20-10-3-11-21-45)52-31-35-54-56-39-50(33-37-58(56)65-60(54)41-52)62(46-22-12-4-13-23-46)47-24-14-5-15-25-47/h1-41H. The molecule has 0 N–H and O–H groups in total. The molecular formula is C60H41N3S2. The lowest BCUT2D eigenvalue weighted by Gasteiger charge is -2.26. The summed E-state index contributed by atoms with van der Waals surface area (Å²) in [5.74, 6) is 0. The highest BCUT2D eigenvalue weighted by Crippen LogP contribution is 2.46. The fourth-order valence-electron chi connectivity index (χ4n) is 9.15. The van der Waals surface area contributed by atoms with Gasteiger partial charge in [-0.25, -0.2) is 0 Å². The largest absolute Gasteiger partial charge is 0.310 e. The van der Waals surface area contributed by atoms with Gasteiger partial charge in [0.2, 0.25) is 0 Å². The van der Waals surface area contributed by atoms with Gasteiger partial charge in [0, 0.05) is 91.5 Å². The molecule has 0 spiro atoms. The quantitative estimate of drug-likeness (QED) is 0.136. The number of thiophene rings is 2. The van der Waals surface area contributed by atoms with Crippen LogP contribution in [0.1, 0.15) is 0 Å². The van der Waals surface area contributed by atoms with Crippen molar-refractivity contribution in [1.82, 2.24) is 0 Å². The highest BCUT2D eigenvalue weighted by atomic mass is 32.1. The van der Waals surface area contributed by atoms with Crippen molar-refractivity contribution in [1.29, 1.82) is 0 Å². The van der Waals surface area contributed by atoms with Crippen LogP contribution in [0.15, 0.2) is 249 Å². The maximum atomic E-state index is 2.42. The molecule has 0 fully saturated rings. The first kappa shape index (κ1) is 38.7. The molecule has 10 aromatic carbocycles. The zero-order valence-corrected chi connectivity index (χ0v) is 37.0. The van der Waals surface area contributed by atoms with Gasteiger partial charge in [0.25, 0.3) is 0 Å². The van der Waals surface area contributed by atoms with Crippen LogP contribution >= 0.6 is 22.7 Å². The van der Waals surface area contributed by atoms with E-state index in [1.165, 1.54) is 51.5 Å². The van der Waals surface area contributed by atoms with Crippen molar-refractivity contribution in [2.75, 3.05) is 14.7 Å². The molecule has 5 heteroatoms. The second-order valence-electron chi connectivity index (χ2n) is 16.2. The van der Waals surface area contributed by atoms with Crippen molar-refractivity contribution in [3.63, 3.8) is 0 Å². The molecule has 12 rings (SSSR count). The van der Waals surface area contributed by atoms with Gasteiger partial charge in [0.1, 0.15) is 0 Å². The molecular weight excluding hydrogens is 827 g/mol. The number of nitrogens with zero attached hydrogens (tertiary/aromatic N) is 3. The summed E-state index contributed by atoms with van der Waals surface area (Å²) in [5, 5.41) is 5.03. The van der Waals surface area contributed by atoms with Crippen molar-refractivity contribution in [3.05, 3.63) is 249 Å². The van der Waals surface area contributed by atoms with E-state index in [1.54, 1.807) is 0 Å². The number of hydrogen-bond acceptors (Lipinski definition) is 5. The Bertz CT molecular complexity index is 3310. The minimum atomic E-state index is 1.11. The average Bonchev–Trinajstić information content (AvgIpc) is 3.93. The van der Waals surface area contributed by atoms with Gasteiger partial charge < -0.3 is 14.7 Å². The van der Waals surface area contributed by atoms with E-state index in [0.29, 0.717) is 0 Å². The number of benzene rings is 10. The number of rotatable bonds is 10. The zero-order chi connectivity index (χ0) is 43.1. The summed E-state index contributed by atoms with van der Waals surface area (Å²) in [6.45, 7) is 0. The van der Waals surface area contributed by atoms with Gasteiger partial charge >= 0.3 is 0 Å². The predicted octanol–water partition coefficient (Wildman–Crippen LogP) is 18.5. The molecule has 0 amide bonds. The Balaban J connectivity index is 0.966. The third kappa shape index (κ3) is 7.27. The fourth-order valence-corrected chi connectivity index (χ4v) is 11.4. The van der Waals surface area contributed by atoms with E-state index in [4.69, 9.17) is 0 Å². The van der Waals surface area contributed by atoms with Crippen LogP contribution in [0.2, 0.25) is 0 Å². The maximum Gasteiger partial charge on any atom is 0.0476 e. The normalized spacial score (nSPS) is 11.4. The number of fused-ring (bicyclic) bond motifs is 6. The molecule has 0 aliphatic rings. The highest BCUT2D eigenvalue weighted by Gasteiger charge is 2.20. The molecule has 0 saturated carbocycles. The molecule has 3 nitrogen and oxygen atoms in total. The summed E-state index contributed by atoms with van der Waals surface area (Å²) in [4.78, 5) is 7.09. The molecule has 0 saturated heterocycles. The number of anilines is 9. The van der Waals surface area contributed by atoms with Crippen LogP contribution in [0.3, 0.4) is 0 Å². The van der Waals surface area contributed by atoms with Gasteiger partial charge in [0.15, 0.2) is 0 Å². The highest BCUT2D eigenvalue weighted by molar-refractivity contribution is 7.26. The maximum absolute atomic E-state index is 2.42. The van der Waals surface area contributed by atoms with Crippen molar-refractivity contribution < 1.29 is 0 Å². The molecule has 12 aromatic rings. The van der Waals surface area contributed by atoms with Crippen LogP contribution < -0.4 is 14.7 Å². The summed E-state index contributed by atoms with van der Waals surface area (Å²) in [7, 11) is 0. The van der Waals surface area contributed by atoms with Crippen LogP contribution in [0, 0.1) is 0 Å². The van der Waals surface area contributed by atoms with Crippen molar-refractivity contribution in [3.8, 4) is 11.1 Å². The lowest BCUT2D eigenvalue weighted by Crippen LogP contribution is -2.09. The minimum absolute atomic E-state index is 1.11. The van der Waals surface area contributed by atoms with Gasteiger partial charge in [-0.1, -0.05) is 127 Å². The number of para-hydroxylation sites is 4. The Hall–Kier alpha value is -7.96. The summed E-state index contributed by atoms with van der Waals surface area (Å²) >= 11 is 3.71. The van der Waals surface area contributed by atoms with Crippen LogP contribution in [-0.4, -0.2) is 0 Å². The first-order chi connectivity index (χ1) is 32.2. The van der Waals surface area contributed by atoms with Gasteiger partial charge in [-0.3, -0.25) is 0 Å². The Morgan fingerprint density at radius 1 is 0.200 bits per heavy atom. The lowest BCUT2D eigenvalue weighted by molar-refractivity contribution is 1.29. The Morgan fingerprint density at radius 3 is 0.892 bits per heavy atom. The Labute approximate surface area is 386 Å². The third-order valence-corrected chi connectivity index (χ3v) is 14.5. The van der Waals surface area contributed by atoms with Crippen LogP contribution in [0.4, 0.5) is 51.2 Å². The lowest BCUT2D eigenvalue weighted by atomic mass is 10.0. The van der Waals surface area contributed by atoms with Crippen molar-refractivity contribution >= 4 is 114 Å².